The first kappa shape index (κ1) is 28.2. The first-order chi connectivity index (χ1) is 18.5. The van der Waals surface area contributed by atoms with E-state index in [2.05, 4.69) is 57.8 Å². The van der Waals surface area contributed by atoms with Crippen molar-refractivity contribution in [3.8, 4) is 0 Å². The molecule has 0 atom stereocenters. The van der Waals surface area contributed by atoms with Crippen molar-refractivity contribution < 1.29 is 9.59 Å². The van der Waals surface area contributed by atoms with E-state index in [1.807, 2.05) is 12.1 Å². The van der Waals surface area contributed by atoms with Crippen LogP contribution in [-0.2, 0) is 25.7 Å². The first-order valence-corrected chi connectivity index (χ1v) is 14.9. The van der Waals surface area contributed by atoms with Gasteiger partial charge >= 0.3 is 0 Å². The number of aromatic nitrogens is 2. The Morgan fingerprint density at radius 3 is 1.79 bits per heavy atom. The van der Waals surface area contributed by atoms with Crippen LogP contribution < -0.4 is 11.5 Å². The number of carbonyl (C=O) groups excluding carboxylic acids is 2. The van der Waals surface area contributed by atoms with E-state index in [9.17, 15) is 9.59 Å². The van der Waals surface area contributed by atoms with Gasteiger partial charge in [0.1, 0.15) is 11.4 Å². The van der Waals surface area contributed by atoms with Crippen molar-refractivity contribution >= 4 is 93.9 Å². The van der Waals surface area contributed by atoms with Gasteiger partial charge in [0.05, 0.1) is 25.9 Å². The maximum Gasteiger partial charge on any atom is 0.213 e. The van der Waals surface area contributed by atoms with Crippen LogP contribution in [0, 0.1) is 0 Å². The number of carbonyl (C=O) groups is 2. The SMILES string of the molecule is Nc1c(Cl)cc2c(c1Br)C(=O)c1ncc(Br)cc1CC2.Nc1cc2c(cc1Cl)CCc1cc(Br)cnc1C2=O. The number of fused-ring (bicyclic) bond motifs is 4. The summed E-state index contributed by atoms with van der Waals surface area (Å²) < 4.78 is 2.30. The molecule has 0 fully saturated rings. The third-order valence-electron chi connectivity index (χ3n) is 6.65. The number of aryl methyl sites for hydroxylation is 4. The summed E-state index contributed by atoms with van der Waals surface area (Å²) in [7, 11) is 0. The van der Waals surface area contributed by atoms with Gasteiger partial charge in [0.25, 0.3) is 0 Å². The number of nitrogens with zero attached hydrogens (tertiary/aromatic N) is 2. The summed E-state index contributed by atoms with van der Waals surface area (Å²) in [5, 5.41) is 0.954. The second-order valence-corrected chi connectivity index (χ2v) is 12.6. The van der Waals surface area contributed by atoms with Gasteiger partial charge in [0.2, 0.25) is 11.6 Å². The average Bonchev–Trinajstić information content (AvgIpc) is 3.11. The van der Waals surface area contributed by atoms with E-state index in [-0.39, 0.29) is 11.6 Å². The molecular weight excluding hydrogens is 735 g/mol. The Morgan fingerprint density at radius 1 is 0.667 bits per heavy atom. The largest absolute Gasteiger partial charge is 0.398 e. The number of nitrogen functional groups attached to an aromatic ring is 2. The molecule has 2 aromatic heterocycles. The highest BCUT2D eigenvalue weighted by Crippen LogP contribution is 2.37. The monoisotopic (exact) mass is 750 g/mol. The Hall–Kier alpha value is -2.30. The third kappa shape index (κ3) is 5.52. The molecule has 2 heterocycles. The van der Waals surface area contributed by atoms with Crippen LogP contribution in [-0.4, -0.2) is 21.5 Å². The summed E-state index contributed by atoms with van der Waals surface area (Å²) in [5.74, 6) is -0.200. The molecular formula is C28H19Br3Cl2N4O2. The van der Waals surface area contributed by atoms with E-state index in [4.69, 9.17) is 34.7 Å². The van der Waals surface area contributed by atoms with Crippen LogP contribution in [0.5, 0.6) is 0 Å². The van der Waals surface area contributed by atoms with Gasteiger partial charge in [-0.15, -0.1) is 0 Å². The minimum absolute atomic E-state index is 0.0848. The zero-order valence-electron chi connectivity index (χ0n) is 20.1. The van der Waals surface area contributed by atoms with E-state index >= 15 is 0 Å². The fraction of sp³-hybridized carbons (Fsp3) is 0.143. The first-order valence-electron chi connectivity index (χ1n) is 11.8. The number of nitrogens with two attached hydrogens (primary N) is 2. The van der Waals surface area contributed by atoms with Crippen molar-refractivity contribution in [2.24, 2.45) is 0 Å². The molecule has 0 spiro atoms. The number of rotatable bonds is 0. The zero-order chi connectivity index (χ0) is 28.0. The van der Waals surface area contributed by atoms with Crippen LogP contribution in [0.4, 0.5) is 11.4 Å². The second-order valence-electron chi connectivity index (χ2n) is 9.13. The Labute approximate surface area is 259 Å². The highest BCUT2D eigenvalue weighted by molar-refractivity contribution is 9.11. The van der Waals surface area contributed by atoms with Crippen molar-refractivity contribution in [2.75, 3.05) is 11.5 Å². The van der Waals surface area contributed by atoms with Crippen LogP contribution in [0.2, 0.25) is 10.0 Å². The summed E-state index contributed by atoms with van der Waals surface area (Å²) in [6, 6.07) is 9.09. The van der Waals surface area contributed by atoms with Gasteiger partial charge in [-0.05, 0) is 126 Å². The molecule has 4 N–H and O–H groups in total. The summed E-state index contributed by atoms with van der Waals surface area (Å²) >= 11 is 22.3. The summed E-state index contributed by atoms with van der Waals surface area (Å²) in [4.78, 5) is 33.7. The molecule has 0 aliphatic heterocycles. The molecule has 198 valence electrons. The Bertz CT molecular complexity index is 1690. The molecule has 0 amide bonds. The molecule has 6 nitrogen and oxygen atoms in total. The molecule has 6 rings (SSSR count). The minimum atomic E-state index is -0.116. The Balaban J connectivity index is 0.000000158. The van der Waals surface area contributed by atoms with Crippen LogP contribution >= 0.6 is 71.0 Å². The fourth-order valence-corrected chi connectivity index (χ4v) is 6.64. The molecule has 0 unspecified atom stereocenters. The molecule has 2 aromatic carbocycles. The lowest BCUT2D eigenvalue weighted by Gasteiger charge is -2.11. The van der Waals surface area contributed by atoms with E-state index in [0.29, 0.717) is 48.4 Å². The van der Waals surface area contributed by atoms with E-state index in [0.717, 1.165) is 56.9 Å². The quantitative estimate of drug-likeness (QED) is 0.179. The van der Waals surface area contributed by atoms with E-state index in [1.165, 1.54) is 0 Å². The smallest absolute Gasteiger partial charge is 0.213 e. The molecule has 0 radical (unpaired) electrons. The van der Waals surface area contributed by atoms with Gasteiger partial charge in [-0.25, -0.2) is 0 Å². The highest BCUT2D eigenvalue weighted by atomic mass is 79.9. The summed E-state index contributed by atoms with van der Waals surface area (Å²) in [6.45, 7) is 0. The maximum atomic E-state index is 12.7. The normalized spacial score (nSPS) is 13.7. The number of anilines is 2. The zero-order valence-corrected chi connectivity index (χ0v) is 26.4. The number of pyridine rings is 2. The van der Waals surface area contributed by atoms with Crippen LogP contribution in [0.15, 0.2) is 56.1 Å². The number of hydrogen-bond donors (Lipinski definition) is 2. The van der Waals surface area contributed by atoms with Gasteiger partial charge in [-0.2, -0.15) is 0 Å². The topological polar surface area (TPSA) is 112 Å². The van der Waals surface area contributed by atoms with Crippen molar-refractivity contribution in [3.63, 3.8) is 0 Å². The molecule has 39 heavy (non-hydrogen) atoms. The molecule has 4 aromatic rings. The molecule has 0 saturated heterocycles. The minimum Gasteiger partial charge on any atom is -0.398 e. The Morgan fingerprint density at radius 2 is 1.18 bits per heavy atom. The van der Waals surface area contributed by atoms with Crippen LogP contribution in [0.3, 0.4) is 0 Å². The van der Waals surface area contributed by atoms with E-state index in [1.54, 1.807) is 30.6 Å². The van der Waals surface area contributed by atoms with Gasteiger partial charge in [-0.1, -0.05) is 23.2 Å². The van der Waals surface area contributed by atoms with Crippen LogP contribution in [0.1, 0.15) is 54.4 Å². The molecule has 11 heteroatoms. The number of hydrogen-bond acceptors (Lipinski definition) is 6. The lowest BCUT2D eigenvalue weighted by Crippen LogP contribution is -2.09. The molecule has 2 aliphatic carbocycles. The predicted octanol–water partition coefficient (Wildman–Crippen LogP) is 7.58. The second kappa shape index (κ2) is 11.3. The van der Waals surface area contributed by atoms with Gasteiger partial charge in [0.15, 0.2) is 0 Å². The Kier molecular flexibility index (Phi) is 8.18. The lowest BCUT2D eigenvalue weighted by atomic mass is 10.0. The van der Waals surface area contributed by atoms with Crippen molar-refractivity contribution in [1.29, 1.82) is 0 Å². The van der Waals surface area contributed by atoms with Gasteiger partial charge in [-0.3, -0.25) is 19.6 Å². The predicted molar refractivity (Wildman–Crippen MR) is 165 cm³/mol. The number of ketones is 2. The molecule has 0 saturated carbocycles. The summed E-state index contributed by atoms with van der Waals surface area (Å²) in [6.07, 6.45) is 6.26. The van der Waals surface area contributed by atoms with Crippen molar-refractivity contribution in [3.05, 3.63) is 111 Å². The summed E-state index contributed by atoms with van der Waals surface area (Å²) in [5.41, 5.74) is 18.4. The van der Waals surface area contributed by atoms with Gasteiger partial charge in [0, 0.05) is 32.5 Å². The lowest BCUT2D eigenvalue weighted by molar-refractivity contribution is 0.102. The standard InChI is InChI=1S/C14H9Br2ClN2O.C14H10BrClN2O/c15-8-3-7-2-1-6-4-9(17)12(18)11(16)10(6)14(20)13(7)19-5-8;15-9-3-8-2-1-7-4-11(16)12(17)5-10(7)14(19)13(8)18-6-9/h3-5H,1-2,18H2;3-6H,1-2,17H2. The third-order valence-corrected chi connectivity index (χ3v) is 8.98. The maximum absolute atomic E-state index is 12.7. The average molecular weight is 754 g/mol. The molecule has 0 bridgehead atoms. The van der Waals surface area contributed by atoms with Crippen molar-refractivity contribution in [2.45, 2.75) is 25.7 Å². The van der Waals surface area contributed by atoms with Crippen molar-refractivity contribution in [1.82, 2.24) is 9.97 Å². The molecule has 2 aliphatic rings. The van der Waals surface area contributed by atoms with Crippen LogP contribution in [0.25, 0.3) is 0 Å². The van der Waals surface area contributed by atoms with E-state index < -0.39 is 0 Å². The number of halogens is 5. The number of benzene rings is 2. The highest BCUT2D eigenvalue weighted by Gasteiger charge is 2.27. The fourth-order valence-electron chi connectivity index (χ4n) is 4.71. The van der Waals surface area contributed by atoms with Gasteiger partial charge < -0.3 is 11.5 Å².